The predicted octanol–water partition coefficient (Wildman–Crippen LogP) is 2.45. The number of hydrogen-bond donors (Lipinski definition) is 2. The van der Waals surface area contributed by atoms with Crippen molar-refractivity contribution in [2.24, 2.45) is 16.6 Å². The highest BCUT2D eigenvalue weighted by atomic mass is 35.5. The van der Waals surface area contributed by atoms with Gasteiger partial charge in [0, 0.05) is 18.1 Å². The van der Waals surface area contributed by atoms with Crippen LogP contribution in [-0.4, -0.2) is 26.2 Å². The van der Waals surface area contributed by atoms with Crippen molar-refractivity contribution in [1.82, 2.24) is 5.32 Å². The van der Waals surface area contributed by atoms with E-state index in [1.54, 1.807) is 7.11 Å². The summed E-state index contributed by atoms with van der Waals surface area (Å²) in [7, 11) is 1.62. The average Bonchev–Trinajstić information content (AvgIpc) is 2.38. The Labute approximate surface area is 120 Å². The van der Waals surface area contributed by atoms with Gasteiger partial charge in [0.05, 0.1) is 7.11 Å². The number of nitrogens with one attached hydrogen (secondary N) is 1. The maximum Gasteiger partial charge on any atom is 0.188 e. The van der Waals surface area contributed by atoms with Crippen LogP contribution in [0.15, 0.2) is 23.2 Å². The zero-order valence-electron chi connectivity index (χ0n) is 11.7. The molecule has 0 aliphatic rings. The van der Waals surface area contributed by atoms with Crippen LogP contribution in [0.25, 0.3) is 0 Å². The van der Waals surface area contributed by atoms with Gasteiger partial charge in [-0.15, -0.1) is 0 Å². The molecule has 0 atom stereocenters. The molecule has 0 radical (unpaired) electrons. The first kappa shape index (κ1) is 15.6. The zero-order chi connectivity index (χ0) is 14.3. The molecule has 1 rings (SSSR count). The largest absolute Gasteiger partial charge is 0.497 e. The van der Waals surface area contributed by atoms with Crippen molar-refractivity contribution >= 4 is 17.6 Å². The summed E-state index contributed by atoms with van der Waals surface area (Å²) in [6, 6.07) is 5.68. The van der Waals surface area contributed by atoms with Gasteiger partial charge in [-0.05, 0) is 30.0 Å². The SMILES string of the molecule is COc1ccc(CCNC(N)=NCC(C)C)c(Cl)c1. The van der Waals surface area contributed by atoms with E-state index in [-0.39, 0.29) is 0 Å². The van der Waals surface area contributed by atoms with Crippen LogP contribution >= 0.6 is 11.6 Å². The molecule has 1 aromatic carbocycles. The fraction of sp³-hybridized carbons (Fsp3) is 0.500. The van der Waals surface area contributed by atoms with Crippen LogP contribution < -0.4 is 15.8 Å². The first-order valence-electron chi connectivity index (χ1n) is 6.39. The molecule has 0 aromatic heterocycles. The molecule has 0 spiro atoms. The van der Waals surface area contributed by atoms with Crippen LogP contribution in [0, 0.1) is 5.92 Å². The maximum atomic E-state index is 6.16. The summed E-state index contributed by atoms with van der Waals surface area (Å²) in [4.78, 5) is 4.23. The van der Waals surface area contributed by atoms with Crippen molar-refractivity contribution in [3.63, 3.8) is 0 Å². The fourth-order valence-electron chi connectivity index (χ4n) is 1.52. The van der Waals surface area contributed by atoms with Gasteiger partial charge in [-0.25, -0.2) is 0 Å². The molecule has 0 unspecified atom stereocenters. The Balaban J connectivity index is 2.43. The Kier molecular flexibility index (Phi) is 6.50. The molecule has 0 amide bonds. The number of hydrogen-bond acceptors (Lipinski definition) is 2. The Morgan fingerprint density at radius 3 is 2.79 bits per heavy atom. The normalized spacial score (nSPS) is 11.7. The van der Waals surface area contributed by atoms with Crippen LogP contribution in [0.5, 0.6) is 5.75 Å². The molecule has 0 aliphatic carbocycles. The second kappa shape index (κ2) is 7.89. The van der Waals surface area contributed by atoms with E-state index < -0.39 is 0 Å². The van der Waals surface area contributed by atoms with Crippen LogP contribution in [0.3, 0.4) is 0 Å². The minimum atomic E-state index is 0.485. The minimum absolute atomic E-state index is 0.485. The monoisotopic (exact) mass is 283 g/mol. The summed E-state index contributed by atoms with van der Waals surface area (Å²) in [5.41, 5.74) is 6.82. The number of guanidine groups is 1. The Morgan fingerprint density at radius 2 is 2.21 bits per heavy atom. The molecular formula is C14H22ClN3O. The van der Waals surface area contributed by atoms with Gasteiger partial charge < -0.3 is 15.8 Å². The second-order valence-corrected chi connectivity index (χ2v) is 5.16. The van der Waals surface area contributed by atoms with E-state index in [1.165, 1.54) is 0 Å². The van der Waals surface area contributed by atoms with Crippen molar-refractivity contribution in [3.05, 3.63) is 28.8 Å². The number of ether oxygens (including phenoxy) is 1. The van der Waals surface area contributed by atoms with E-state index in [2.05, 4.69) is 24.2 Å². The molecule has 1 aromatic rings. The molecule has 0 bridgehead atoms. The summed E-state index contributed by atoms with van der Waals surface area (Å²) in [6.07, 6.45) is 0.792. The number of rotatable bonds is 6. The molecule has 0 heterocycles. The summed E-state index contributed by atoms with van der Waals surface area (Å²) in [5, 5.41) is 3.79. The van der Waals surface area contributed by atoms with Gasteiger partial charge in [-0.2, -0.15) is 0 Å². The molecule has 5 heteroatoms. The highest BCUT2D eigenvalue weighted by Gasteiger charge is 2.02. The van der Waals surface area contributed by atoms with Crippen LogP contribution in [0.2, 0.25) is 5.02 Å². The highest BCUT2D eigenvalue weighted by molar-refractivity contribution is 6.31. The first-order chi connectivity index (χ1) is 9.02. The smallest absolute Gasteiger partial charge is 0.188 e. The van der Waals surface area contributed by atoms with Gasteiger partial charge in [-0.1, -0.05) is 31.5 Å². The van der Waals surface area contributed by atoms with Crippen molar-refractivity contribution in [3.8, 4) is 5.75 Å². The average molecular weight is 284 g/mol. The zero-order valence-corrected chi connectivity index (χ0v) is 12.5. The van der Waals surface area contributed by atoms with Crippen LogP contribution in [-0.2, 0) is 6.42 Å². The number of halogens is 1. The number of nitrogens with zero attached hydrogens (tertiary/aromatic N) is 1. The first-order valence-corrected chi connectivity index (χ1v) is 6.77. The van der Waals surface area contributed by atoms with E-state index in [0.717, 1.165) is 24.3 Å². The van der Waals surface area contributed by atoms with Gasteiger partial charge in [-0.3, -0.25) is 4.99 Å². The van der Waals surface area contributed by atoms with Gasteiger partial charge in [0.1, 0.15) is 5.75 Å². The minimum Gasteiger partial charge on any atom is -0.497 e. The quantitative estimate of drug-likeness (QED) is 0.623. The third-order valence-corrected chi connectivity index (χ3v) is 2.94. The lowest BCUT2D eigenvalue weighted by Crippen LogP contribution is -2.33. The summed E-state index contributed by atoms with van der Waals surface area (Å²) < 4.78 is 5.11. The van der Waals surface area contributed by atoms with Crippen LogP contribution in [0.4, 0.5) is 0 Å². The van der Waals surface area contributed by atoms with Gasteiger partial charge >= 0.3 is 0 Å². The summed E-state index contributed by atoms with van der Waals surface area (Å²) >= 11 is 6.16. The molecule has 3 N–H and O–H groups in total. The standard InChI is InChI=1S/C14H22ClN3O/c1-10(2)9-18-14(16)17-7-6-11-4-5-12(19-3)8-13(11)15/h4-5,8,10H,6-7,9H2,1-3H3,(H3,16,17,18). The van der Waals surface area contributed by atoms with Crippen molar-refractivity contribution in [2.75, 3.05) is 20.2 Å². The third-order valence-electron chi connectivity index (χ3n) is 2.59. The maximum absolute atomic E-state index is 6.16. The van der Waals surface area contributed by atoms with E-state index >= 15 is 0 Å². The van der Waals surface area contributed by atoms with Crippen molar-refractivity contribution in [1.29, 1.82) is 0 Å². The highest BCUT2D eigenvalue weighted by Crippen LogP contribution is 2.22. The van der Waals surface area contributed by atoms with E-state index in [9.17, 15) is 0 Å². The molecule has 0 saturated heterocycles. The molecule has 106 valence electrons. The lowest BCUT2D eigenvalue weighted by atomic mass is 10.1. The molecule has 19 heavy (non-hydrogen) atoms. The lowest BCUT2D eigenvalue weighted by molar-refractivity contribution is 0.414. The second-order valence-electron chi connectivity index (χ2n) is 4.75. The fourth-order valence-corrected chi connectivity index (χ4v) is 1.78. The Bertz CT molecular complexity index is 433. The van der Waals surface area contributed by atoms with Crippen LogP contribution in [0.1, 0.15) is 19.4 Å². The molecule has 0 saturated carbocycles. The number of methoxy groups -OCH3 is 1. The van der Waals surface area contributed by atoms with E-state index in [0.29, 0.717) is 23.4 Å². The predicted molar refractivity (Wildman–Crippen MR) is 81.0 cm³/mol. The number of aliphatic imine (C=N–C) groups is 1. The van der Waals surface area contributed by atoms with Crippen molar-refractivity contribution < 1.29 is 4.74 Å². The molecule has 0 aliphatic heterocycles. The molecule has 4 nitrogen and oxygen atoms in total. The summed E-state index contributed by atoms with van der Waals surface area (Å²) in [5.74, 6) is 1.76. The molecular weight excluding hydrogens is 262 g/mol. The summed E-state index contributed by atoms with van der Waals surface area (Å²) in [6.45, 7) is 5.66. The third kappa shape index (κ3) is 5.83. The Morgan fingerprint density at radius 1 is 1.47 bits per heavy atom. The number of nitrogens with two attached hydrogens (primary N) is 1. The lowest BCUT2D eigenvalue weighted by Gasteiger charge is -2.09. The molecule has 0 fully saturated rings. The van der Waals surface area contributed by atoms with E-state index in [1.807, 2.05) is 18.2 Å². The van der Waals surface area contributed by atoms with Gasteiger partial charge in [0.25, 0.3) is 0 Å². The topological polar surface area (TPSA) is 59.6 Å². The van der Waals surface area contributed by atoms with Gasteiger partial charge in [0.15, 0.2) is 5.96 Å². The number of benzene rings is 1. The van der Waals surface area contributed by atoms with Crippen molar-refractivity contribution in [2.45, 2.75) is 20.3 Å². The van der Waals surface area contributed by atoms with Gasteiger partial charge in [0.2, 0.25) is 0 Å². The van der Waals surface area contributed by atoms with E-state index in [4.69, 9.17) is 22.1 Å². The Hall–Kier alpha value is -1.42.